The van der Waals surface area contributed by atoms with Crippen LogP contribution in [0.1, 0.15) is 56.7 Å². The van der Waals surface area contributed by atoms with Crippen LogP contribution in [0, 0.1) is 0 Å². The molecule has 140 valence electrons. The van der Waals surface area contributed by atoms with Gasteiger partial charge in [-0.3, -0.25) is 9.79 Å². The predicted octanol–water partition coefficient (Wildman–Crippen LogP) is 2.38. The van der Waals surface area contributed by atoms with Crippen LogP contribution in [0.3, 0.4) is 0 Å². The average Bonchev–Trinajstić information content (AvgIpc) is 3.21. The number of likely N-dealkylation sites (tertiary alicyclic amines) is 1. The lowest BCUT2D eigenvalue weighted by Gasteiger charge is -2.15. The average molecular weight is 366 g/mol. The molecule has 2 heterocycles. The van der Waals surface area contributed by atoms with Crippen LogP contribution in [0.5, 0.6) is 0 Å². The fraction of sp³-hybridized carbons (Fsp3) is 0.722. The van der Waals surface area contributed by atoms with Gasteiger partial charge in [0.2, 0.25) is 5.91 Å². The summed E-state index contributed by atoms with van der Waals surface area (Å²) < 4.78 is 0. The molecule has 2 N–H and O–H groups in total. The van der Waals surface area contributed by atoms with Crippen LogP contribution < -0.4 is 10.6 Å². The van der Waals surface area contributed by atoms with E-state index in [4.69, 9.17) is 0 Å². The van der Waals surface area contributed by atoms with Crippen LogP contribution in [-0.4, -0.2) is 54.5 Å². The first kappa shape index (κ1) is 19.7. The van der Waals surface area contributed by atoms with E-state index in [0.29, 0.717) is 12.3 Å². The second-order valence-electron chi connectivity index (χ2n) is 6.61. The molecule has 0 spiro atoms. The zero-order chi connectivity index (χ0) is 18.1. The Kier molecular flexibility index (Phi) is 8.18. The largest absolute Gasteiger partial charge is 0.357 e. The number of rotatable bonds is 9. The molecule has 0 aromatic carbocycles. The number of nitrogens with zero attached hydrogens (tertiary/aromatic N) is 3. The Hall–Kier alpha value is -1.63. The van der Waals surface area contributed by atoms with Crippen molar-refractivity contribution in [3.8, 4) is 0 Å². The van der Waals surface area contributed by atoms with Gasteiger partial charge in [-0.15, -0.1) is 11.3 Å². The number of aromatic nitrogens is 1. The first-order valence-corrected chi connectivity index (χ1v) is 10.2. The number of amides is 1. The third-order valence-electron chi connectivity index (χ3n) is 4.11. The van der Waals surface area contributed by atoms with E-state index in [2.05, 4.69) is 46.8 Å². The smallest absolute Gasteiger partial charge is 0.222 e. The van der Waals surface area contributed by atoms with E-state index < -0.39 is 0 Å². The van der Waals surface area contributed by atoms with Crippen molar-refractivity contribution in [1.82, 2.24) is 20.5 Å². The maximum absolute atomic E-state index is 11.6. The molecule has 0 unspecified atom stereocenters. The van der Waals surface area contributed by atoms with Gasteiger partial charge >= 0.3 is 0 Å². The summed E-state index contributed by atoms with van der Waals surface area (Å²) in [5, 5.41) is 9.99. The predicted molar refractivity (Wildman–Crippen MR) is 104 cm³/mol. The van der Waals surface area contributed by atoms with Gasteiger partial charge in [-0.05, 0) is 19.8 Å². The standard InChI is InChI=1S/C18H31N5OS/c1-4-19-18(20-9-6-12-23-11-5-7-16(23)24)21-10-8-15-13-25-17(22-15)14(2)3/h13-14H,4-12H2,1-3H3,(H2,19,20,21). The number of nitrogens with one attached hydrogen (secondary N) is 2. The van der Waals surface area contributed by atoms with Crippen molar-refractivity contribution in [3.63, 3.8) is 0 Å². The number of carbonyl (C=O) groups excluding carboxylic acids is 1. The van der Waals surface area contributed by atoms with Crippen molar-refractivity contribution in [2.75, 3.05) is 32.7 Å². The third-order valence-corrected chi connectivity index (χ3v) is 5.30. The molecule has 0 saturated carbocycles. The summed E-state index contributed by atoms with van der Waals surface area (Å²) in [5.41, 5.74) is 1.14. The Balaban J connectivity index is 1.70. The number of guanidine groups is 1. The van der Waals surface area contributed by atoms with Gasteiger partial charge in [0.1, 0.15) is 0 Å². The van der Waals surface area contributed by atoms with Crippen LogP contribution in [-0.2, 0) is 11.2 Å². The second kappa shape index (κ2) is 10.4. The number of carbonyl (C=O) groups is 1. The minimum atomic E-state index is 0.290. The molecule has 0 atom stereocenters. The number of aliphatic imine (C=N–C) groups is 1. The van der Waals surface area contributed by atoms with Gasteiger partial charge in [-0.2, -0.15) is 0 Å². The maximum Gasteiger partial charge on any atom is 0.222 e. The van der Waals surface area contributed by atoms with Crippen LogP contribution in [0.4, 0.5) is 0 Å². The summed E-state index contributed by atoms with van der Waals surface area (Å²) in [6.45, 7) is 10.5. The van der Waals surface area contributed by atoms with Gasteiger partial charge < -0.3 is 15.5 Å². The molecule has 25 heavy (non-hydrogen) atoms. The van der Waals surface area contributed by atoms with Gasteiger partial charge in [0.25, 0.3) is 0 Å². The number of hydrogen-bond donors (Lipinski definition) is 2. The van der Waals surface area contributed by atoms with Gasteiger partial charge in [0, 0.05) is 56.9 Å². The van der Waals surface area contributed by atoms with Crippen LogP contribution in [0.25, 0.3) is 0 Å². The molecular weight excluding hydrogens is 334 g/mol. The van der Waals surface area contributed by atoms with Crippen molar-refractivity contribution in [2.45, 2.75) is 52.4 Å². The minimum absolute atomic E-state index is 0.290. The van der Waals surface area contributed by atoms with Crippen molar-refractivity contribution < 1.29 is 4.79 Å². The fourth-order valence-corrected chi connectivity index (χ4v) is 3.62. The Bertz CT molecular complexity index is 570. The van der Waals surface area contributed by atoms with Crippen LogP contribution >= 0.6 is 11.3 Å². The van der Waals surface area contributed by atoms with E-state index in [1.54, 1.807) is 11.3 Å². The van der Waals surface area contributed by atoms with Gasteiger partial charge in [0.05, 0.1) is 10.7 Å². The van der Waals surface area contributed by atoms with Crippen molar-refractivity contribution in [3.05, 3.63) is 16.1 Å². The van der Waals surface area contributed by atoms with E-state index in [1.807, 2.05) is 4.90 Å². The number of hydrogen-bond acceptors (Lipinski definition) is 4. The molecule has 0 bridgehead atoms. The lowest BCUT2D eigenvalue weighted by atomic mass is 10.2. The van der Waals surface area contributed by atoms with Crippen molar-refractivity contribution in [1.29, 1.82) is 0 Å². The highest BCUT2D eigenvalue weighted by Gasteiger charge is 2.18. The molecule has 6 nitrogen and oxygen atoms in total. The first-order chi connectivity index (χ1) is 12.1. The summed E-state index contributed by atoms with van der Waals surface area (Å²) in [6, 6.07) is 0. The van der Waals surface area contributed by atoms with Gasteiger partial charge in [-0.1, -0.05) is 13.8 Å². The third kappa shape index (κ3) is 6.65. The van der Waals surface area contributed by atoms with Crippen molar-refractivity contribution in [2.24, 2.45) is 4.99 Å². The summed E-state index contributed by atoms with van der Waals surface area (Å²) in [7, 11) is 0. The maximum atomic E-state index is 11.6. The zero-order valence-corrected chi connectivity index (χ0v) is 16.5. The molecule has 1 aromatic heterocycles. The van der Waals surface area contributed by atoms with Crippen LogP contribution in [0.15, 0.2) is 10.4 Å². The monoisotopic (exact) mass is 365 g/mol. The SMILES string of the molecule is CCNC(=NCCCN1CCCC1=O)NCCc1csc(C(C)C)n1. The van der Waals surface area contributed by atoms with E-state index in [1.165, 1.54) is 5.01 Å². The molecule has 1 aliphatic rings. The highest BCUT2D eigenvalue weighted by atomic mass is 32.1. The summed E-state index contributed by atoms with van der Waals surface area (Å²) in [5.74, 6) is 1.63. The van der Waals surface area contributed by atoms with Crippen LogP contribution in [0.2, 0.25) is 0 Å². The van der Waals surface area contributed by atoms with Crippen molar-refractivity contribution >= 4 is 23.2 Å². The van der Waals surface area contributed by atoms with E-state index in [9.17, 15) is 4.79 Å². The Labute approximate surface area is 155 Å². The number of thiazole rings is 1. The molecular formula is C18H31N5OS. The molecule has 1 fully saturated rings. The summed E-state index contributed by atoms with van der Waals surface area (Å²) in [4.78, 5) is 22.8. The normalized spacial score (nSPS) is 15.3. The quantitative estimate of drug-likeness (QED) is 0.400. The molecule has 7 heteroatoms. The molecule has 1 amide bonds. The molecule has 1 aromatic rings. The Morgan fingerprint density at radius 3 is 2.92 bits per heavy atom. The molecule has 0 aliphatic carbocycles. The van der Waals surface area contributed by atoms with E-state index in [0.717, 1.165) is 63.6 Å². The fourth-order valence-electron chi connectivity index (χ4n) is 2.75. The summed E-state index contributed by atoms with van der Waals surface area (Å²) >= 11 is 1.74. The minimum Gasteiger partial charge on any atom is -0.357 e. The topological polar surface area (TPSA) is 69.6 Å². The molecule has 1 saturated heterocycles. The Morgan fingerprint density at radius 2 is 2.28 bits per heavy atom. The lowest BCUT2D eigenvalue weighted by Crippen LogP contribution is -2.38. The highest BCUT2D eigenvalue weighted by Crippen LogP contribution is 2.19. The van der Waals surface area contributed by atoms with Gasteiger partial charge in [0.15, 0.2) is 5.96 Å². The summed E-state index contributed by atoms with van der Waals surface area (Å²) in [6.07, 6.45) is 3.52. The molecule has 1 aliphatic heterocycles. The Morgan fingerprint density at radius 1 is 1.44 bits per heavy atom. The van der Waals surface area contributed by atoms with E-state index in [-0.39, 0.29) is 5.91 Å². The van der Waals surface area contributed by atoms with E-state index >= 15 is 0 Å². The lowest BCUT2D eigenvalue weighted by molar-refractivity contribution is -0.127. The van der Waals surface area contributed by atoms with Gasteiger partial charge in [-0.25, -0.2) is 4.98 Å². The molecule has 0 radical (unpaired) electrons. The zero-order valence-electron chi connectivity index (χ0n) is 15.7. The molecule has 2 rings (SSSR count). The second-order valence-corrected chi connectivity index (χ2v) is 7.50. The highest BCUT2D eigenvalue weighted by molar-refractivity contribution is 7.09. The first-order valence-electron chi connectivity index (χ1n) is 9.34.